The van der Waals surface area contributed by atoms with Gasteiger partial charge in [0, 0.05) is 39.0 Å². The number of likely N-dealkylation sites (tertiary alicyclic amines) is 1. The second-order valence-corrected chi connectivity index (χ2v) is 14.7. The zero-order valence-corrected chi connectivity index (χ0v) is 29.4. The molecule has 48 heavy (non-hydrogen) atoms. The monoisotopic (exact) mass is 685 g/mol. The molecule has 4 heterocycles. The average Bonchev–Trinajstić information content (AvgIpc) is 3.77. The molecule has 0 aromatic carbocycles. The molecule has 4 rings (SSSR count). The summed E-state index contributed by atoms with van der Waals surface area (Å²) in [6, 6.07) is 6.44. The Morgan fingerprint density at radius 1 is 1.23 bits per heavy atom. The van der Waals surface area contributed by atoms with E-state index in [0.29, 0.717) is 43.9 Å². The zero-order chi connectivity index (χ0) is 35.2. The van der Waals surface area contributed by atoms with Gasteiger partial charge < -0.3 is 19.7 Å². The number of nitriles is 1. The number of hydrogen-bond acceptors (Lipinski definition) is 9. The quantitative estimate of drug-likeness (QED) is 0.118. The van der Waals surface area contributed by atoms with E-state index < -0.39 is 23.8 Å². The number of hydrogen-bond donors (Lipinski definition) is 2. The molecule has 3 aromatic rings. The first kappa shape index (κ1) is 37.1. The van der Waals surface area contributed by atoms with Crippen molar-refractivity contribution in [2.45, 2.75) is 91.6 Å². The van der Waals surface area contributed by atoms with E-state index in [9.17, 15) is 23.6 Å². The first-order chi connectivity index (χ1) is 22.6. The summed E-state index contributed by atoms with van der Waals surface area (Å²) in [4.78, 5) is 37.9. The fourth-order valence-corrected chi connectivity index (χ4v) is 6.09. The minimum Gasteiger partial charge on any atom is -0.382 e. The normalized spacial score (nSPS) is 16.5. The topological polar surface area (TPSA) is 134 Å². The van der Waals surface area contributed by atoms with Gasteiger partial charge in [-0.15, -0.1) is 11.3 Å². The van der Waals surface area contributed by atoms with Crippen LogP contribution in [0.1, 0.15) is 80.9 Å². The molecule has 0 saturated carbocycles. The number of carbonyl (C=O) groups excluding carboxylic acids is 2. The number of rotatable bonds is 14. The second kappa shape index (κ2) is 15.6. The third-order valence-electron chi connectivity index (χ3n) is 8.48. The standard InChI is InChI=1S/C34H45F2N7O4S/c1-21(33(2,3)4)38-18-22-15-25-29(39-19-22)43(32(40-25)41-30(44)27-11-10-26(48-27)28(35)36)20-24-9-8-12-42(24)31(45)23(17-37)16-34(5,6)47-14-13-46-7/h10-11,15-16,19,21,24,28,38H,8-9,12-14,18,20H2,1-7H3,(H,40,41,44)/t21-,24?/m0/s1. The number of methoxy groups -OCH3 is 1. The molecule has 0 aliphatic carbocycles. The van der Waals surface area contributed by atoms with Crippen LogP contribution in [0.5, 0.6) is 0 Å². The van der Waals surface area contributed by atoms with Crippen LogP contribution in [0.3, 0.4) is 0 Å². The van der Waals surface area contributed by atoms with Gasteiger partial charge in [-0.2, -0.15) is 5.26 Å². The molecule has 1 saturated heterocycles. The van der Waals surface area contributed by atoms with E-state index >= 15 is 0 Å². The van der Waals surface area contributed by atoms with Crippen molar-refractivity contribution < 1.29 is 27.8 Å². The number of fused-ring (bicyclic) bond motifs is 1. The third kappa shape index (κ3) is 9.22. The lowest BCUT2D eigenvalue weighted by molar-refractivity contribution is -0.127. The maximum absolute atomic E-state index is 13.7. The molecule has 1 aliphatic heterocycles. The summed E-state index contributed by atoms with van der Waals surface area (Å²) < 4.78 is 39.1. The fourth-order valence-electron chi connectivity index (χ4n) is 5.33. The predicted molar refractivity (Wildman–Crippen MR) is 181 cm³/mol. The zero-order valence-electron chi connectivity index (χ0n) is 28.6. The van der Waals surface area contributed by atoms with Gasteiger partial charge in [0.05, 0.1) is 34.6 Å². The number of anilines is 1. The predicted octanol–water partition coefficient (Wildman–Crippen LogP) is 6.09. The smallest absolute Gasteiger partial charge is 0.272 e. The minimum absolute atomic E-state index is 0.0272. The first-order valence-corrected chi connectivity index (χ1v) is 16.8. The van der Waals surface area contributed by atoms with Crippen LogP contribution in [-0.4, -0.2) is 75.8 Å². The molecule has 0 spiro atoms. The van der Waals surface area contributed by atoms with Gasteiger partial charge in [-0.1, -0.05) is 20.8 Å². The highest BCUT2D eigenvalue weighted by Crippen LogP contribution is 2.30. The number of ether oxygens (including phenoxy) is 2. The van der Waals surface area contributed by atoms with Crippen molar-refractivity contribution in [2.24, 2.45) is 5.41 Å². The third-order valence-corrected chi connectivity index (χ3v) is 9.57. The Morgan fingerprint density at radius 2 is 1.98 bits per heavy atom. The Balaban J connectivity index is 1.64. The Morgan fingerprint density at radius 3 is 2.62 bits per heavy atom. The van der Waals surface area contributed by atoms with Crippen molar-refractivity contribution in [3.05, 3.63) is 51.4 Å². The van der Waals surface area contributed by atoms with Crippen molar-refractivity contribution in [1.82, 2.24) is 24.8 Å². The largest absolute Gasteiger partial charge is 0.382 e. The highest BCUT2D eigenvalue weighted by atomic mass is 32.1. The lowest BCUT2D eigenvalue weighted by Crippen LogP contribution is -2.39. The Bertz CT molecular complexity index is 1670. The van der Waals surface area contributed by atoms with Gasteiger partial charge in [0.1, 0.15) is 17.2 Å². The lowest BCUT2D eigenvalue weighted by atomic mass is 9.88. The van der Waals surface area contributed by atoms with E-state index in [2.05, 4.69) is 38.3 Å². The summed E-state index contributed by atoms with van der Waals surface area (Å²) in [7, 11) is 1.57. The van der Waals surface area contributed by atoms with E-state index in [-0.39, 0.29) is 45.3 Å². The number of carbonyl (C=O) groups is 2. The summed E-state index contributed by atoms with van der Waals surface area (Å²) in [5, 5.41) is 16.3. The summed E-state index contributed by atoms with van der Waals surface area (Å²) in [5.41, 5.74) is 1.09. The van der Waals surface area contributed by atoms with Gasteiger partial charge in [0.15, 0.2) is 5.65 Å². The molecular formula is C34H45F2N7O4S. The van der Waals surface area contributed by atoms with Gasteiger partial charge in [-0.05, 0) is 68.9 Å². The number of pyridine rings is 1. The lowest BCUT2D eigenvalue weighted by Gasteiger charge is -2.28. The SMILES string of the molecule is COCCOC(C)(C)C=C(C#N)C(=O)N1CCCC1Cn1c(NC(=O)c2ccc(C(F)F)s2)nc2cc(CN[C@@H](C)C(C)(C)C)cnc21. The van der Waals surface area contributed by atoms with Crippen molar-refractivity contribution in [3.8, 4) is 6.07 Å². The van der Waals surface area contributed by atoms with E-state index in [1.54, 1.807) is 36.6 Å². The molecule has 2 N–H and O–H groups in total. The molecule has 1 fully saturated rings. The van der Waals surface area contributed by atoms with Gasteiger partial charge in [0.25, 0.3) is 18.2 Å². The number of aromatic nitrogens is 3. The maximum atomic E-state index is 13.7. The van der Waals surface area contributed by atoms with Gasteiger partial charge in [0.2, 0.25) is 5.95 Å². The molecule has 3 aromatic heterocycles. The van der Waals surface area contributed by atoms with Crippen LogP contribution in [0.25, 0.3) is 11.2 Å². The minimum atomic E-state index is -2.68. The van der Waals surface area contributed by atoms with Crippen LogP contribution in [0.2, 0.25) is 0 Å². The highest BCUT2D eigenvalue weighted by molar-refractivity contribution is 7.14. The number of imidazole rings is 1. The number of nitrogens with zero attached hydrogens (tertiary/aromatic N) is 5. The van der Waals surface area contributed by atoms with Crippen LogP contribution in [0.15, 0.2) is 36.0 Å². The first-order valence-electron chi connectivity index (χ1n) is 16.0. The summed E-state index contributed by atoms with van der Waals surface area (Å²) >= 11 is 0.718. The van der Waals surface area contributed by atoms with E-state index in [1.807, 2.05) is 12.1 Å². The summed E-state index contributed by atoms with van der Waals surface area (Å²) in [6.45, 7) is 14.1. The molecule has 1 unspecified atom stereocenters. The molecule has 2 atom stereocenters. The van der Waals surface area contributed by atoms with Crippen molar-refractivity contribution in [2.75, 3.05) is 32.2 Å². The van der Waals surface area contributed by atoms with Crippen LogP contribution in [0.4, 0.5) is 14.7 Å². The average molecular weight is 686 g/mol. The fraction of sp³-hybridized carbons (Fsp3) is 0.559. The maximum Gasteiger partial charge on any atom is 0.272 e. The van der Waals surface area contributed by atoms with Gasteiger partial charge in [-0.3, -0.25) is 19.5 Å². The van der Waals surface area contributed by atoms with Crippen molar-refractivity contribution in [3.63, 3.8) is 0 Å². The van der Waals surface area contributed by atoms with Crippen LogP contribution < -0.4 is 10.6 Å². The molecule has 2 amide bonds. The van der Waals surface area contributed by atoms with Crippen LogP contribution in [0, 0.1) is 16.7 Å². The highest BCUT2D eigenvalue weighted by Gasteiger charge is 2.33. The molecule has 11 nitrogen and oxygen atoms in total. The van der Waals surface area contributed by atoms with Crippen LogP contribution in [-0.2, 0) is 27.4 Å². The van der Waals surface area contributed by atoms with E-state index in [4.69, 9.17) is 19.4 Å². The number of nitrogens with one attached hydrogen (secondary N) is 2. The number of alkyl halides is 2. The van der Waals surface area contributed by atoms with E-state index in [1.165, 1.54) is 18.2 Å². The van der Waals surface area contributed by atoms with E-state index in [0.717, 1.165) is 23.3 Å². The molecule has 260 valence electrons. The molecular weight excluding hydrogens is 640 g/mol. The second-order valence-electron chi connectivity index (χ2n) is 13.6. The number of halogens is 2. The number of amides is 2. The Hall–Kier alpha value is -3.77. The summed E-state index contributed by atoms with van der Waals surface area (Å²) in [6.07, 6.45) is 1.98. The Labute approximate surface area is 284 Å². The molecule has 1 aliphatic rings. The molecule has 0 radical (unpaired) electrons. The van der Waals surface area contributed by atoms with Gasteiger partial charge in [-0.25, -0.2) is 18.7 Å². The van der Waals surface area contributed by atoms with Crippen molar-refractivity contribution >= 4 is 40.3 Å². The van der Waals surface area contributed by atoms with Gasteiger partial charge >= 0.3 is 0 Å². The molecule has 0 bridgehead atoms. The molecule has 14 heteroatoms. The number of thiophene rings is 1. The van der Waals surface area contributed by atoms with Crippen LogP contribution >= 0.6 is 11.3 Å². The van der Waals surface area contributed by atoms with Crippen molar-refractivity contribution in [1.29, 1.82) is 5.26 Å². The summed E-state index contributed by atoms with van der Waals surface area (Å²) in [5.74, 6) is -0.800. The Kier molecular flexibility index (Phi) is 12.1.